The molecule has 5 nitrogen and oxygen atoms in total. The number of nitrogens with zero attached hydrogens (tertiary/aromatic N) is 4. The first-order valence-corrected chi connectivity index (χ1v) is 22.9. The van der Waals surface area contributed by atoms with E-state index in [2.05, 4.69) is 179 Å². The molecule has 4 heterocycles. The molecule has 2 aromatic heterocycles. The minimum absolute atomic E-state index is 0.0723. The zero-order valence-corrected chi connectivity index (χ0v) is 38.4. The lowest BCUT2D eigenvalue weighted by molar-refractivity contribution is 0.483. The monoisotopic (exact) mass is 874 g/mol. The Labute approximate surface area is 401 Å². The fourth-order valence-electron chi connectivity index (χ4n) is 9.79. The Bertz CT molecular complexity index is 3940. The van der Waals surface area contributed by atoms with Crippen LogP contribution in [0, 0.1) is 0 Å². The van der Waals surface area contributed by atoms with Gasteiger partial charge in [-0.15, -0.1) is 0 Å². The average Bonchev–Trinajstić information content (AvgIpc) is 3.95. The molecule has 0 radical (unpaired) electrons. The molecular formula is C62H52N4O. The fourth-order valence-corrected chi connectivity index (χ4v) is 9.79. The molecule has 12 rings (SSSR count). The van der Waals surface area contributed by atoms with Crippen LogP contribution in [0.2, 0.25) is 0 Å². The molecule has 0 atom stereocenters. The van der Waals surface area contributed by atoms with Crippen LogP contribution < -0.4 is 14.5 Å². The van der Waals surface area contributed by atoms with E-state index in [4.69, 9.17) is 12.5 Å². The Kier molecular flexibility index (Phi) is 7.90. The van der Waals surface area contributed by atoms with Gasteiger partial charge in [-0.05, 0) is 105 Å². The minimum atomic E-state index is -0.419. The highest BCUT2D eigenvalue weighted by atomic mass is 16.5. The van der Waals surface area contributed by atoms with Gasteiger partial charge in [-0.2, -0.15) is 0 Å². The van der Waals surface area contributed by atoms with Crippen LogP contribution in [0.15, 0.2) is 194 Å². The van der Waals surface area contributed by atoms with Crippen LogP contribution in [0.3, 0.4) is 0 Å². The van der Waals surface area contributed by atoms with Gasteiger partial charge >= 0.3 is 0 Å². The molecule has 8 aromatic carbocycles. The first-order chi connectivity index (χ1) is 35.0. The molecule has 0 saturated heterocycles. The van der Waals surface area contributed by atoms with E-state index < -0.39 is 12.1 Å². The van der Waals surface area contributed by atoms with Crippen LogP contribution in [-0.2, 0) is 10.8 Å². The third-order valence-electron chi connectivity index (χ3n) is 13.3. The van der Waals surface area contributed by atoms with Crippen molar-refractivity contribution in [3.63, 3.8) is 0 Å². The lowest BCUT2D eigenvalue weighted by atomic mass is 9.84. The highest BCUT2D eigenvalue weighted by molar-refractivity contribution is 6.09. The number of hydrogen-bond acceptors (Lipinski definition) is 4. The van der Waals surface area contributed by atoms with Gasteiger partial charge in [0.25, 0.3) is 0 Å². The summed E-state index contributed by atoms with van der Waals surface area (Å²) in [4.78, 5) is 10.1. The van der Waals surface area contributed by atoms with E-state index in [0.717, 1.165) is 67.3 Å². The van der Waals surface area contributed by atoms with Crippen molar-refractivity contribution in [1.29, 1.82) is 0 Å². The first-order valence-electron chi connectivity index (χ1n) is 25.9. The Morgan fingerprint density at radius 2 is 1.15 bits per heavy atom. The van der Waals surface area contributed by atoms with Gasteiger partial charge in [0.15, 0.2) is 0 Å². The van der Waals surface area contributed by atoms with Gasteiger partial charge in [-0.25, -0.2) is 4.98 Å². The summed E-state index contributed by atoms with van der Waals surface area (Å²) >= 11 is 0. The fraction of sp³-hybridized carbons (Fsp3) is 0.145. The van der Waals surface area contributed by atoms with Gasteiger partial charge in [0.1, 0.15) is 24.0 Å². The zero-order valence-electron chi connectivity index (χ0n) is 44.4. The maximum Gasteiger partial charge on any atom is 0.138 e. The third-order valence-corrected chi connectivity index (χ3v) is 13.3. The number of aromatic nitrogens is 2. The van der Waals surface area contributed by atoms with Crippen molar-refractivity contribution in [1.82, 2.24) is 9.55 Å². The van der Waals surface area contributed by atoms with E-state index in [9.17, 15) is 5.48 Å². The molecule has 10 bridgehead atoms. The van der Waals surface area contributed by atoms with Crippen molar-refractivity contribution in [2.45, 2.75) is 52.4 Å². The summed E-state index contributed by atoms with van der Waals surface area (Å²) in [5, 5.41) is 0.362. The number of para-hydroxylation sites is 4. The molecule has 67 heavy (non-hydrogen) atoms. The second-order valence-corrected chi connectivity index (χ2v) is 19.7. The van der Waals surface area contributed by atoms with Crippen molar-refractivity contribution in [2.75, 3.05) is 16.5 Å². The van der Waals surface area contributed by atoms with Crippen LogP contribution >= 0.6 is 0 Å². The summed E-state index contributed by atoms with van der Waals surface area (Å²) in [5.41, 5.74) is 14.1. The van der Waals surface area contributed by atoms with Gasteiger partial charge in [0.2, 0.25) is 0 Å². The van der Waals surface area contributed by atoms with Crippen LogP contribution in [0.25, 0.3) is 72.3 Å². The highest BCUT2D eigenvalue weighted by Gasteiger charge is 2.32. The standard InChI is InChI=1S/C62H52N4O/c1-61(2,3)43-20-14-18-41(34-43)49-26-16-27-53-50-24-8-7-23-48(50)40-17-13-19-42(33-40)54-35-44(62(4,5)6)36-59(63-54)66-55-28-10-9-25-51(55)52-32-31-47(38-58(52)66)67-46-22-15-21-45(37-46)64-39-65(60(49)53)57-30-12-11-29-56(57)64/h7-38H,39H2,1-6H3/i9D,10D,25D,28D,31D,32D. The minimum Gasteiger partial charge on any atom is -0.457 e. The van der Waals surface area contributed by atoms with Crippen molar-refractivity contribution in [2.24, 2.45) is 0 Å². The molecule has 0 spiro atoms. The van der Waals surface area contributed by atoms with E-state index in [0.29, 0.717) is 29.4 Å². The molecule has 0 amide bonds. The smallest absolute Gasteiger partial charge is 0.138 e. The maximum absolute atomic E-state index is 9.59. The number of pyridine rings is 1. The Morgan fingerprint density at radius 3 is 1.97 bits per heavy atom. The molecule has 0 saturated carbocycles. The van der Waals surface area contributed by atoms with Crippen LogP contribution in [0.4, 0.5) is 22.7 Å². The number of ether oxygens (including phenoxy) is 1. The number of rotatable bonds is 1. The van der Waals surface area contributed by atoms with Gasteiger partial charge in [0.05, 0.1) is 42.0 Å². The quantitative estimate of drug-likeness (QED) is 0.165. The molecule has 0 N–H and O–H groups in total. The second-order valence-electron chi connectivity index (χ2n) is 19.7. The lowest BCUT2D eigenvalue weighted by Crippen LogP contribution is -2.25. The van der Waals surface area contributed by atoms with E-state index in [1.165, 1.54) is 5.56 Å². The zero-order chi connectivity index (χ0) is 50.8. The van der Waals surface area contributed by atoms with Crippen molar-refractivity contribution >= 4 is 44.6 Å². The molecule has 0 aliphatic carbocycles. The summed E-state index contributed by atoms with van der Waals surface area (Å²) in [5.74, 6) is 0.946. The van der Waals surface area contributed by atoms with E-state index in [1.54, 1.807) is 10.6 Å². The van der Waals surface area contributed by atoms with Crippen LogP contribution in [0.1, 0.15) is 60.9 Å². The number of hydrogen-bond donors (Lipinski definition) is 0. The molecular weight excluding hydrogens is 817 g/mol. The third kappa shape index (κ3) is 6.96. The van der Waals surface area contributed by atoms with Gasteiger partial charge in [0, 0.05) is 45.3 Å². The second kappa shape index (κ2) is 15.4. The average molecular weight is 875 g/mol. The molecule has 2 aliphatic heterocycles. The maximum atomic E-state index is 9.59. The molecule has 5 heteroatoms. The normalized spacial score (nSPS) is 14.5. The van der Waals surface area contributed by atoms with Crippen molar-refractivity contribution in [3.8, 4) is 62.0 Å². The van der Waals surface area contributed by atoms with Crippen LogP contribution in [-0.4, -0.2) is 16.2 Å². The summed E-state index contributed by atoms with van der Waals surface area (Å²) < 4.78 is 63.7. The van der Waals surface area contributed by atoms with Crippen molar-refractivity contribution in [3.05, 3.63) is 205 Å². The molecule has 0 fully saturated rings. The van der Waals surface area contributed by atoms with E-state index in [1.807, 2.05) is 24.3 Å². The van der Waals surface area contributed by atoms with Crippen LogP contribution in [0.5, 0.6) is 11.5 Å². The Balaban J connectivity index is 1.19. The summed E-state index contributed by atoms with van der Waals surface area (Å²) in [6.07, 6.45) is 0. The SMILES string of the molecule is [2H]c1c2cc3c(c1[2H])c1c([2H])c([2H])c([2H])c([2H])c1n3-c1cc(C(C)(C)C)cc(n1)-c1cccc(c1)-c1ccccc1-c1cccc(-c3cccc(C(C)(C)C)c3)c1N1CN(c3cccc(c3)O2)c2ccccc21. The lowest BCUT2D eigenvalue weighted by Gasteiger charge is -2.28. The Morgan fingerprint density at radius 1 is 0.493 bits per heavy atom. The molecule has 2 aliphatic rings. The number of benzene rings is 8. The predicted octanol–water partition coefficient (Wildman–Crippen LogP) is 16.8. The van der Waals surface area contributed by atoms with E-state index in [-0.39, 0.29) is 57.0 Å². The Hall–Kier alpha value is -7.89. The molecule has 10 aromatic rings. The predicted molar refractivity (Wildman–Crippen MR) is 280 cm³/mol. The van der Waals surface area contributed by atoms with Crippen molar-refractivity contribution < 1.29 is 13.0 Å². The summed E-state index contributed by atoms with van der Waals surface area (Å²) in [7, 11) is 0. The summed E-state index contributed by atoms with van der Waals surface area (Å²) in [6, 6.07) is 52.7. The largest absolute Gasteiger partial charge is 0.457 e. The number of anilines is 4. The number of fused-ring (bicyclic) bond motifs is 23. The van der Waals surface area contributed by atoms with E-state index >= 15 is 0 Å². The van der Waals surface area contributed by atoms with Gasteiger partial charge < -0.3 is 14.5 Å². The first kappa shape index (κ1) is 34.5. The molecule has 326 valence electrons. The molecule has 0 unspecified atom stereocenters. The van der Waals surface area contributed by atoms with Gasteiger partial charge in [-0.3, -0.25) is 4.57 Å². The highest BCUT2D eigenvalue weighted by Crippen LogP contribution is 2.52. The topological polar surface area (TPSA) is 33.5 Å². The van der Waals surface area contributed by atoms with Gasteiger partial charge in [-0.1, -0.05) is 163 Å². The summed E-state index contributed by atoms with van der Waals surface area (Å²) in [6.45, 7) is 13.6.